The monoisotopic (exact) mass is 688 g/mol. The van der Waals surface area contributed by atoms with Crippen molar-refractivity contribution in [3.05, 3.63) is 170 Å². The van der Waals surface area contributed by atoms with Crippen molar-refractivity contribution in [2.75, 3.05) is 9.80 Å². The number of hydrogen-bond acceptors (Lipinski definition) is 5. The van der Waals surface area contributed by atoms with E-state index in [4.69, 9.17) is 4.74 Å². The van der Waals surface area contributed by atoms with Gasteiger partial charge >= 0.3 is 0 Å². The summed E-state index contributed by atoms with van der Waals surface area (Å²) >= 11 is 3.69. The highest BCUT2D eigenvalue weighted by atomic mass is 32.1. The molecule has 51 heavy (non-hydrogen) atoms. The van der Waals surface area contributed by atoms with E-state index in [1.807, 2.05) is 28.7 Å². The second kappa shape index (κ2) is 11.2. The van der Waals surface area contributed by atoms with Crippen molar-refractivity contribution in [2.24, 2.45) is 0 Å². The molecule has 0 saturated heterocycles. The van der Waals surface area contributed by atoms with Crippen LogP contribution >= 0.6 is 22.7 Å². The quantitative estimate of drug-likeness (QED) is 0.183. The number of para-hydroxylation sites is 2. The van der Waals surface area contributed by atoms with Crippen molar-refractivity contribution in [1.82, 2.24) is 0 Å². The van der Waals surface area contributed by atoms with Crippen LogP contribution in [0.2, 0.25) is 0 Å². The van der Waals surface area contributed by atoms with Crippen LogP contribution in [0.25, 0.3) is 51.1 Å². The summed E-state index contributed by atoms with van der Waals surface area (Å²) in [6.07, 6.45) is 0. The Hall–Kier alpha value is -6.14. The SMILES string of the molecule is c1ccc2c(c1)Oc1cc(N(c3ccc4ccccc4c3)c3ccc4sc5ccccc5c4c3)ccc1N2c1ccc2c(c1)sc1ccccc12. The maximum Gasteiger partial charge on any atom is 0.153 e. The average molecular weight is 689 g/mol. The highest BCUT2D eigenvalue weighted by molar-refractivity contribution is 7.26. The van der Waals surface area contributed by atoms with Gasteiger partial charge < -0.3 is 14.5 Å². The molecule has 1 aliphatic rings. The molecular weight excluding hydrogens is 661 g/mol. The van der Waals surface area contributed by atoms with Gasteiger partial charge in [0.1, 0.15) is 0 Å². The lowest BCUT2D eigenvalue weighted by molar-refractivity contribution is 0.477. The Kier molecular flexibility index (Phi) is 6.29. The molecule has 0 saturated carbocycles. The van der Waals surface area contributed by atoms with Gasteiger partial charge in [-0.2, -0.15) is 0 Å². The van der Waals surface area contributed by atoms with Crippen LogP contribution in [-0.4, -0.2) is 0 Å². The van der Waals surface area contributed by atoms with E-state index in [0.717, 1.165) is 45.6 Å². The first-order chi connectivity index (χ1) is 25.2. The molecule has 0 spiro atoms. The van der Waals surface area contributed by atoms with Gasteiger partial charge in [-0.3, -0.25) is 0 Å². The van der Waals surface area contributed by atoms with Gasteiger partial charge in [0.15, 0.2) is 11.5 Å². The second-order valence-corrected chi connectivity index (χ2v) is 15.1. The van der Waals surface area contributed by atoms with Crippen LogP contribution in [-0.2, 0) is 0 Å². The van der Waals surface area contributed by atoms with Gasteiger partial charge in [0.2, 0.25) is 0 Å². The number of anilines is 6. The Morgan fingerprint density at radius 3 is 1.88 bits per heavy atom. The van der Waals surface area contributed by atoms with E-state index in [0.29, 0.717) is 0 Å². The molecule has 0 fully saturated rings. The van der Waals surface area contributed by atoms with Gasteiger partial charge in [-0.15, -0.1) is 22.7 Å². The molecule has 0 N–H and O–H groups in total. The molecule has 11 rings (SSSR count). The molecule has 3 nitrogen and oxygen atoms in total. The molecule has 240 valence electrons. The Labute approximate surface area is 302 Å². The van der Waals surface area contributed by atoms with E-state index in [2.05, 4.69) is 174 Å². The van der Waals surface area contributed by atoms with Gasteiger partial charge in [0, 0.05) is 69.2 Å². The maximum absolute atomic E-state index is 6.75. The zero-order chi connectivity index (χ0) is 33.5. The predicted molar refractivity (Wildman–Crippen MR) is 219 cm³/mol. The first-order valence-electron chi connectivity index (χ1n) is 17.1. The number of nitrogens with zero attached hydrogens (tertiary/aromatic N) is 2. The molecule has 2 aromatic heterocycles. The van der Waals surface area contributed by atoms with Crippen molar-refractivity contribution < 1.29 is 4.74 Å². The third-order valence-corrected chi connectivity index (χ3v) is 12.3. The fraction of sp³-hybridized carbons (Fsp3) is 0. The molecule has 0 unspecified atom stereocenters. The normalized spacial score (nSPS) is 12.4. The zero-order valence-electron chi connectivity index (χ0n) is 27.3. The summed E-state index contributed by atoms with van der Waals surface area (Å²) < 4.78 is 11.9. The summed E-state index contributed by atoms with van der Waals surface area (Å²) in [4.78, 5) is 4.70. The van der Waals surface area contributed by atoms with Crippen molar-refractivity contribution in [3.8, 4) is 11.5 Å². The van der Waals surface area contributed by atoms with Gasteiger partial charge in [-0.05, 0) is 89.6 Å². The Bertz CT molecular complexity index is 2990. The molecule has 1 aliphatic heterocycles. The molecule has 0 amide bonds. The van der Waals surface area contributed by atoms with E-state index < -0.39 is 0 Å². The molecule has 0 atom stereocenters. The van der Waals surface area contributed by atoms with Gasteiger partial charge in [-0.25, -0.2) is 0 Å². The molecule has 5 heteroatoms. The lowest BCUT2D eigenvalue weighted by atomic mass is 10.1. The van der Waals surface area contributed by atoms with Crippen molar-refractivity contribution in [1.29, 1.82) is 0 Å². The predicted octanol–water partition coefficient (Wildman–Crippen LogP) is 14.6. The second-order valence-electron chi connectivity index (χ2n) is 13.0. The van der Waals surface area contributed by atoms with Crippen LogP contribution in [0.3, 0.4) is 0 Å². The van der Waals surface area contributed by atoms with Crippen LogP contribution in [0.15, 0.2) is 170 Å². The Morgan fingerprint density at radius 2 is 1.00 bits per heavy atom. The molecule has 0 radical (unpaired) electrons. The molecule has 0 bridgehead atoms. The highest BCUT2D eigenvalue weighted by Crippen LogP contribution is 2.53. The van der Waals surface area contributed by atoms with Gasteiger partial charge in [-0.1, -0.05) is 84.9 Å². The topological polar surface area (TPSA) is 15.7 Å². The Morgan fingerprint density at radius 1 is 0.392 bits per heavy atom. The van der Waals surface area contributed by atoms with E-state index in [-0.39, 0.29) is 0 Å². The van der Waals surface area contributed by atoms with E-state index in [9.17, 15) is 0 Å². The Balaban J connectivity index is 1.09. The third-order valence-electron chi connectivity index (χ3n) is 10.00. The molecule has 0 aliphatic carbocycles. The molecule has 3 heterocycles. The van der Waals surface area contributed by atoms with Crippen molar-refractivity contribution in [3.63, 3.8) is 0 Å². The molecule has 10 aromatic rings. The first-order valence-corrected chi connectivity index (χ1v) is 18.7. The lowest BCUT2D eigenvalue weighted by Crippen LogP contribution is -2.16. The van der Waals surface area contributed by atoms with E-state index in [1.54, 1.807) is 0 Å². The molecule has 8 aromatic carbocycles. The van der Waals surface area contributed by atoms with Crippen LogP contribution in [0.1, 0.15) is 0 Å². The molecular formula is C46H28N2OS2. The van der Waals surface area contributed by atoms with Gasteiger partial charge in [0.05, 0.1) is 11.4 Å². The van der Waals surface area contributed by atoms with Crippen molar-refractivity contribution >= 4 is 108 Å². The minimum atomic E-state index is 0.815. The minimum absolute atomic E-state index is 0.815. The minimum Gasteiger partial charge on any atom is -0.453 e. The summed E-state index contributed by atoms with van der Waals surface area (Å²) in [6.45, 7) is 0. The number of rotatable bonds is 4. The van der Waals surface area contributed by atoms with Crippen LogP contribution in [0, 0.1) is 0 Å². The van der Waals surface area contributed by atoms with E-state index >= 15 is 0 Å². The largest absolute Gasteiger partial charge is 0.453 e. The smallest absolute Gasteiger partial charge is 0.153 e. The fourth-order valence-electron chi connectivity index (χ4n) is 7.63. The summed E-state index contributed by atoms with van der Waals surface area (Å²) in [6, 6.07) is 61.3. The summed E-state index contributed by atoms with van der Waals surface area (Å²) in [5, 5.41) is 7.57. The number of hydrogen-bond donors (Lipinski definition) is 0. The van der Waals surface area contributed by atoms with Crippen LogP contribution < -0.4 is 14.5 Å². The maximum atomic E-state index is 6.75. The number of fused-ring (bicyclic) bond motifs is 9. The lowest BCUT2D eigenvalue weighted by Gasteiger charge is -2.34. The number of ether oxygens (including phenoxy) is 1. The summed E-state index contributed by atoms with van der Waals surface area (Å²) in [5.41, 5.74) is 6.37. The van der Waals surface area contributed by atoms with E-state index in [1.165, 1.54) is 51.1 Å². The zero-order valence-corrected chi connectivity index (χ0v) is 28.9. The number of thiophene rings is 2. The van der Waals surface area contributed by atoms with Crippen molar-refractivity contribution in [2.45, 2.75) is 0 Å². The van der Waals surface area contributed by atoms with Crippen LogP contribution in [0.5, 0.6) is 11.5 Å². The van der Waals surface area contributed by atoms with Crippen LogP contribution in [0.4, 0.5) is 34.1 Å². The summed E-state index contributed by atoms with van der Waals surface area (Å²) in [5.74, 6) is 1.65. The first kappa shape index (κ1) is 28.7. The van der Waals surface area contributed by atoms with Gasteiger partial charge in [0.25, 0.3) is 0 Å². The highest BCUT2D eigenvalue weighted by Gasteiger charge is 2.28. The standard InChI is InChI=1S/C46H28N2OS2/c1-2-10-30-25-31(18-17-29(30)9-1)47(32-21-24-45-38(26-32)36-12-4-8-16-44(36)50-45)33-20-23-40-42(27-33)49-41-14-6-5-13-39(41)48(40)34-19-22-37-35-11-3-7-15-43(35)51-46(37)28-34/h1-28H. The number of benzene rings is 8. The fourth-order valence-corrected chi connectivity index (χ4v) is 9.86. The average Bonchev–Trinajstić information content (AvgIpc) is 3.74. The third kappa shape index (κ3) is 4.56. The summed E-state index contributed by atoms with van der Waals surface area (Å²) in [7, 11) is 0.